The molecule has 0 aliphatic carbocycles. The first-order valence-corrected chi connectivity index (χ1v) is 7.65. The summed E-state index contributed by atoms with van der Waals surface area (Å²) in [5.74, 6) is -0.879. The molecule has 2 aromatic rings. The highest BCUT2D eigenvalue weighted by Crippen LogP contribution is 2.19. The van der Waals surface area contributed by atoms with Crippen molar-refractivity contribution in [3.8, 4) is 0 Å². The molecule has 122 valence electrons. The maximum absolute atomic E-state index is 12.3. The van der Waals surface area contributed by atoms with E-state index in [1.807, 2.05) is 31.4 Å². The van der Waals surface area contributed by atoms with Gasteiger partial charge in [0, 0.05) is 34.2 Å². The first-order valence-electron chi connectivity index (χ1n) is 7.27. The van der Waals surface area contributed by atoms with Crippen LogP contribution in [0.5, 0.6) is 0 Å². The average molecular weight is 335 g/mol. The van der Waals surface area contributed by atoms with Gasteiger partial charge in [-0.2, -0.15) is 0 Å². The fraction of sp³-hybridized carbons (Fsp3) is 0.294. The van der Waals surface area contributed by atoms with E-state index in [1.54, 1.807) is 6.07 Å². The normalized spacial score (nSPS) is 10.6. The molecule has 2 N–H and O–H groups in total. The SMILES string of the molecule is CCn1c(C)cc(C(=O)COC(=O)c2ccc(Cl)cc2N)c1C. The molecule has 6 heteroatoms. The molecule has 0 radical (unpaired) electrons. The number of ether oxygens (including phenoxy) is 1. The van der Waals surface area contributed by atoms with E-state index in [0.29, 0.717) is 10.6 Å². The summed E-state index contributed by atoms with van der Waals surface area (Å²) in [5, 5.41) is 0.433. The Kier molecular flexibility index (Phi) is 5.11. The Morgan fingerprint density at radius 2 is 1.91 bits per heavy atom. The molecule has 0 aliphatic heterocycles. The molecule has 1 aromatic carbocycles. The van der Waals surface area contributed by atoms with E-state index in [0.717, 1.165) is 17.9 Å². The second-order valence-corrected chi connectivity index (χ2v) is 5.70. The number of hydrogen-bond donors (Lipinski definition) is 1. The van der Waals surface area contributed by atoms with Crippen molar-refractivity contribution in [2.75, 3.05) is 12.3 Å². The number of carbonyl (C=O) groups excluding carboxylic acids is 2. The lowest BCUT2D eigenvalue weighted by Gasteiger charge is -2.08. The molecule has 0 bridgehead atoms. The zero-order valence-corrected chi connectivity index (χ0v) is 14.1. The molecule has 0 fully saturated rings. The Bertz CT molecular complexity index is 765. The number of aryl methyl sites for hydroxylation is 1. The highest BCUT2D eigenvalue weighted by Gasteiger charge is 2.18. The summed E-state index contributed by atoms with van der Waals surface area (Å²) in [7, 11) is 0. The van der Waals surface area contributed by atoms with Gasteiger partial charge in [0.25, 0.3) is 0 Å². The number of nitrogens with two attached hydrogens (primary N) is 1. The van der Waals surface area contributed by atoms with Gasteiger partial charge in [-0.25, -0.2) is 4.79 Å². The number of Topliss-reactive ketones (excluding diaryl/α,β-unsaturated/α-hetero) is 1. The maximum Gasteiger partial charge on any atom is 0.340 e. The third kappa shape index (κ3) is 3.56. The number of nitrogens with zero attached hydrogens (tertiary/aromatic N) is 1. The molecule has 0 saturated heterocycles. The quantitative estimate of drug-likeness (QED) is 0.516. The van der Waals surface area contributed by atoms with Crippen LogP contribution in [0, 0.1) is 13.8 Å². The summed E-state index contributed by atoms with van der Waals surface area (Å²) >= 11 is 5.79. The molecule has 0 unspecified atom stereocenters. The lowest BCUT2D eigenvalue weighted by atomic mass is 10.1. The molecule has 23 heavy (non-hydrogen) atoms. The second-order valence-electron chi connectivity index (χ2n) is 5.26. The van der Waals surface area contributed by atoms with Gasteiger partial charge in [0.1, 0.15) is 0 Å². The standard InChI is InChI=1S/C17H19ClN2O3/c1-4-20-10(2)7-14(11(20)3)16(21)9-23-17(22)13-6-5-12(18)8-15(13)19/h5-8H,4,9,19H2,1-3H3. The van der Waals surface area contributed by atoms with Gasteiger partial charge >= 0.3 is 5.97 Å². The number of hydrogen-bond acceptors (Lipinski definition) is 4. The number of esters is 1. The minimum Gasteiger partial charge on any atom is -0.454 e. The fourth-order valence-corrected chi connectivity index (χ4v) is 2.76. The van der Waals surface area contributed by atoms with Crippen LogP contribution >= 0.6 is 11.6 Å². The maximum atomic E-state index is 12.3. The largest absolute Gasteiger partial charge is 0.454 e. The van der Waals surface area contributed by atoms with Crippen molar-refractivity contribution in [1.29, 1.82) is 0 Å². The van der Waals surface area contributed by atoms with Crippen LogP contribution < -0.4 is 5.73 Å². The first-order chi connectivity index (χ1) is 10.8. The Morgan fingerprint density at radius 1 is 1.22 bits per heavy atom. The number of aromatic nitrogens is 1. The van der Waals surface area contributed by atoms with E-state index in [1.165, 1.54) is 12.1 Å². The van der Waals surface area contributed by atoms with E-state index in [4.69, 9.17) is 22.1 Å². The Hall–Kier alpha value is -2.27. The molecule has 5 nitrogen and oxygen atoms in total. The van der Waals surface area contributed by atoms with Crippen molar-refractivity contribution in [3.05, 3.63) is 51.8 Å². The van der Waals surface area contributed by atoms with Crippen LogP contribution in [0.1, 0.15) is 39.0 Å². The molecule has 2 rings (SSSR count). The molecule has 1 heterocycles. The summed E-state index contributed by atoms with van der Waals surface area (Å²) in [6, 6.07) is 6.30. The van der Waals surface area contributed by atoms with Crippen LogP contribution in [0.3, 0.4) is 0 Å². The van der Waals surface area contributed by atoms with Crippen LogP contribution in [0.15, 0.2) is 24.3 Å². The van der Waals surface area contributed by atoms with E-state index in [-0.39, 0.29) is 23.6 Å². The molecule has 0 saturated carbocycles. The van der Waals surface area contributed by atoms with Gasteiger partial charge in [0.15, 0.2) is 6.61 Å². The molecule has 0 aliphatic rings. The molecule has 0 amide bonds. The predicted octanol–water partition coefficient (Wildman–Crippen LogP) is 3.40. The minimum absolute atomic E-state index is 0.196. The fourth-order valence-electron chi connectivity index (χ4n) is 2.58. The third-order valence-electron chi connectivity index (χ3n) is 3.76. The van der Waals surface area contributed by atoms with E-state index < -0.39 is 5.97 Å². The zero-order valence-electron chi connectivity index (χ0n) is 13.4. The highest BCUT2D eigenvalue weighted by atomic mass is 35.5. The minimum atomic E-state index is -0.642. The molecule has 0 spiro atoms. The number of halogens is 1. The van der Waals surface area contributed by atoms with Gasteiger partial charge in [-0.1, -0.05) is 11.6 Å². The number of rotatable bonds is 5. The topological polar surface area (TPSA) is 74.3 Å². The summed E-state index contributed by atoms with van der Waals surface area (Å²) < 4.78 is 7.12. The van der Waals surface area contributed by atoms with Gasteiger partial charge in [-0.05, 0) is 45.0 Å². The molecular formula is C17H19ClN2O3. The number of carbonyl (C=O) groups is 2. The predicted molar refractivity (Wildman–Crippen MR) is 90.1 cm³/mol. The van der Waals surface area contributed by atoms with Gasteiger partial charge in [-0.3, -0.25) is 4.79 Å². The summed E-state index contributed by atoms with van der Waals surface area (Å²) in [5.41, 5.74) is 8.59. The van der Waals surface area contributed by atoms with Crippen LogP contribution in [0.25, 0.3) is 0 Å². The van der Waals surface area contributed by atoms with E-state index >= 15 is 0 Å². The number of benzene rings is 1. The lowest BCUT2D eigenvalue weighted by molar-refractivity contribution is 0.0475. The van der Waals surface area contributed by atoms with Crippen molar-refractivity contribution in [2.24, 2.45) is 0 Å². The van der Waals surface area contributed by atoms with Crippen molar-refractivity contribution in [2.45, 2.75) is 27.3 Å². The Morgan fingerprint density at radius 3 is 2.48 bits per heavy atom. The van der Waals surface area contributed by atoms with Gasteiger partial charge in [0.2, 0.25) is 5.78 Å². The third-order valence-corrected chi connectivity index (χ3v) is 3.99. The monoisotopic (exact) mass is 334 g/mol. The summed E-state index contributed by atoms with van der Waals surface area (Å²) in [6.45, 7) is 6.29. The lowest BCUT2D eigenvalue weighted by Crippen LogP contribution is -2.16. The first kappa shape index (κ1) is 17.1. The number of nitrogen functional groups attached to an aromatic ring is 1. The average Bonchev–Trinajstić information content (AvgIpc) is 2.78. The number of ketones is 1. The van der Waals surface area contributed by atoms with Crippen LogP contribution in [0.2, 0.25) is 5.02 Å². The van der Waals surface area contributed by atoms with Gasteiger partial charge in [0.05, 0.1) is 5.56 Å². The smallest absolute Gasteiger partial charge is 0.340 e. The highest BCUT2D eigenvalue weighted by molar-refractivity contribution is 6.31. The molecule has 0 atom stereocenters. The van der Waals surface area contributed by atoms with Crippen molar-refractivity contribution >= 4 is 29.0 Å². The zero-order chi connectivity index (χ0) is 17.1. The van der Waals surface area contributed by atoms with Crippen LogP contribution in [0.4, 0.5) is 5.69 Å². The summed E-state index contributed by atoms with van der Waals surface area (Å²) in [6.07, 6.45) is 0. The van der Waals surface area contributed by atoms with Crippen molar-refractivity contribution in [1.82, 2.24) is 4.57 Å². The van der Waals surface area contributed by atoms with Crippen molar-refractivity contribution < 1.29 is 14.3 Å². The summed E-state index contributed by atoms with van der Waals surface area (Å²) in [4.78, 5) is 24.3. The second kappa shape index (κ2) is 6.87. The van der Waals surface area contributed by atoms with Crippen LogP contribution in [-0.4, -0.2) is 22.9 Å². The Labute approximate surface area is 140 Å². The van der Waals surface area contributed by atoms with Gasteiger partial charge in [-0.15, -0.1) is 0 Å². The molecular weight excluding hydrogens is 316 g/mol. The van der Waals surface area contributed by atoms with E-state index in [2.05, 4.69) is 0 Å². The Balaban J connectivity index is 2.08. The molecule has 1 aromatic heterocycles. The van der Waals surface area contributed by atoms with E-state index in [9.17, 15) is 9.59 Å². The number of anilines is 1. The van der Waals surface area contributed by atoms with Crippen LogP contribution in [-0.2, 0) is 11.3 Å². The van der Waals surface area contributed by atoms with Gasteiger partial charge < -0.3 is 15.0 Å². The van der Waals surface area contributed by atoms with Crippen molar-refractivity contribution in [3.63, 3.8) is 0 Å².